The second-order valence-corrected chi connectivity index (χ2v) is 4.24. The molecule has 0 spiro atoms. The minimum atomic E-state index is 0. The van der Waals surface area contributed by atoms with E-state index in [0.717, 1.165) is 11.1 Å². The Balaban J connectivity index is 0. The first-order chi connectivity index (χ1) is 5.99. The van der Waals surface area contributed by atoms with Crippen molar-refractivity contribution in [3.8, 4) is 0 Å². The first-order valence-electron chi connectivity index (χ1n) is 4.51. The van der Waals surface area contributed by atoms with Gasteiger partial charge in [0.1, 0.15) is 0 Å². The van der Waals surface area contributed by atoms with Crippen molar-refractivity contribution in [1.29, 1.82) is 0 Å². The molecule has 2 heteroatoms. The number of hydrogen-bond donors (Lipinski definition) is 0. The molecule has 0 amide bonds. The van der Waals surface area contributed by atoms with E-state index in [1.165, 1.54) is 0 Å². The summed E-state index contributed by atoms with van der Waals surface area (Å²) in [6.07, 6.45) is 5.33. The molecule has 1 aromatic carbocycles. The Labute approximate surface area is 118 Å². The minimum Gasteiger partial charge on any atom is -0.269 e. The topological polar surface area (TPSA) is 0 Å². The van der Waals surface area contributed by atoms with Gasteiger partial charge >= 0.3 is 37.7 Å². The molecule has 0 nitrogen and oxygen atoms in total. The summed E-state index contributed by atoms with van der Waals surface area (Å²) in [5, 5.41) is 0. The summed E-state index contributed by atoms with van der Waals surface area (Å²) < 4.78 is 0. The van der Waals surface area contributed by atoms with Gasteiger partial charge in [-0.3, -0.25) is 6.08 Å². The summed E-state index contributed by atoms with van der Waals surface area (Å²) >= 11 is 0. The van der Waals surface area contributed by atoms with Crippen LogP contribution in [0.4, 0.5) is 0 Å². The molecule has 0 unspecified atom stereocenters. The van der Waals surface area contributed by atoms with Gasteiger partial charge < -0.3 is 0 Å². The molecule has 70 valence electrons. The molecule has 15 heavy (non-hydrogen) atoms. The third kappa shape index (κ3) is 7.00. The zero-order valence-electron chi connectivity index (χ0n) is 10.6. The molecule has 0 saturated heterocycles. The molecule has 0 aliphatic rings. The summed E-state index contributed by atoms with van der Waals surface area (Å²) in [4.78, 5) is 0. The number of allylic oxidation sites excluding steroid dienone is 1. The largest absolute Gasteiger partial charge is 1.00 e. The second kappa shape index (κ2) is 7.32. The molecule has 0 atom stereocenters. The monoisotopic (exact) mass is 186 g/mol. The summed E-state index contributed by atoms with van der Waals surface area (Å²) in [5.74, 6) is 0. The van der Waals surface area contributed by atoms with Gasteiger partial charge in [0.2, 0.25) is 0 Å². The number of rotatable bonds is 1. The van der Waals surface area contributed by atoms with Crippen LogP contribution >= 0.6 is 0 Å². The van der Waals surface area contributed by atoms with Crippen molar-refractivity contribution >= 4 is 6.08 Å². The standard InChI is InChI=1S/C13H16.2Li/c1-11-7-5-6-8-12(11)9-10-13(2,3)4;;/h5-9H,1H2,2-4H3;;/q-2;2*+1. The van der Waals surface area contributed by atoms with Gasteiger partial charge in [0.05, 0.1) is 0 Å². The van der Waals surface area contributed by atoms with Gasteiger partial charge in [0, 0.05) is 0 Å². The van der Waals surface area contributed by atoms with E-state index in [1.54, 1.807) is 0 Å². The van der Waals surface area contributed by atoms with E-state index in [4.69, 9.17) is 0 Å². The van der Waals surface area contributed by atoms with Crippen molar-refractivity contribution in [1.82, 2.24) is 0 Å². The van der Waals surface area contributed by atoms with E-state index in [2.05, 4.69) is 39.8 Å². The normalized spacial score (nSPS) is 10.6. The van der Waals surface area contributed by atoms with Crippen LogP contribution in [0, 0.1) is 18.4 Å². The van der Waals surface area contributed by atoms with Crippen LogP contribution in [-0.2, 0) is 0 Å². The maximum atomic E-state index is 3.95. The Kier molecular flexibility index (Phi) is 8.50. The first kappa shape index (κ1) is 17.4. The van der Waals surface area contributed by atoms with Gasteiger partial charge in [-0.25, -0.2) is 18.6 Å². The first-order valence-corrected chi connectivity index (χ1v) is 4.51. The summed E-state index contributed by atoms with van der Waals surface area (Å²) in [6.45, 7) is 10.4. The maximum absolute atomic E-state index is 3.95. The average molecular weight is 186 g/mol. The summed E-state index contributed by atoms with van der Waals surface area (Å²) in [5.41, 5.74) is 2.32. The predicted octanol–water partition coefficient (Wildman–Crippen LogP) is -2.26. The third-order valence-electron chi connectivity index (χ3n) is 1.72. The van der Waals surface area contributed by atoms with Crippen molar-refractivity contribution < 1.29 is 37.7 Å². The zero-order valence-corrected chi connectivity index (χ0v) is 10.6. The Morgan fingerprint density at radius 1 is 1.13 bits per heavy atom. The third-order valence-corrected chi connectivity index (χ3v) is 1.72. The molecule has 1 aromatic rings. The van der Waals surface area contributed by atoms with Gasteiger partial charge in [0.25, 0.3) is 0 Å². The van der Waals surface area contributed by atoms with Crippen LogP contribution < -0.4 is 37.7 Å². The molecule has 1 rings (SSSR count). The van der Waals surface area contributed by atoms with Crippen molar-refractivity contribution in [2.45, 2.75) is 20.8 Å². The van der Waals surface area contributed by atoms with Crippen LogP contribution in [0.5, 0.6) is 0 Å². The quantitative estimate of drug-likeness (QED) is 0.343. The maximum Gasteiger partial charge on any atom is 1.00 e. The zero-order chi connectivity index (χ0) is 9.90. The van der Waals surface area contributed by atoms with E-state index >= 15 is 0 Å². The summed E-state index contributed by atoms with van der Waals surface area (Å²) in [6, 6.07) is 8.08. The fraction of sp³-hybridized carbons (Fsp3) is 0.308. The SMILES string of the molecule is [CH2-]c1ccccc1C=[C-]C(C)(C)C.[Li+].[Li+]. The molecule has 0 saturated carbocycles. The van der Waals surface area contributed by atoms with Crippen LogP contribution in [0.2, 0.25) is 0 Å². The van der Waals surface area contributed by atoms with Gasteiger partial charge in [-0.1, -0.05) is 32.3 Å². The van der Waals surface area contributed by atoms with E-state index in [-0.39, 0.29) is 43.1 Å². The van der Waals surface area contributed by atoms with Crippen LogP contribution in [0.1, 0.15) is 31.9 Å². The fourth-order valence-electron chi connectivity index (χ4n) is 0.969. The van der Waals surface area contributed by atoms with Crippen molar-refractivity contribution in [3.05, 3.63) is 48.4 Å². The van der Waals surface area contributed by atoms with Crippen LogP contribution in [-0.4, -0.2) is 0 Å². The van der Waals surface area contributed by atoms with Crippen molar-refractivity contribution in [3.63, 3.8) is 0 Å². The minimum absolute atomic E-state index is 0. The van der Waals surface area contributed by atoms with Gasteiger partial charge in [0.15, 0.2) is 0 Å². The molecule has 0 bridgehead atoms. The van der Waals surface area contributed by atoms with Gasteiger partial charge in [-0.05, 0) is 0 Å². The van der Waals surface area contributed by atoms with E-state index in [1.807, 2.05) is 24.3 Å². The van der Waals surface area contributed by atoms with Gasteiger partial charge in [-0.15, -0.1) is 12.1 Å². The Bertz CT molecular complexity index is 309. The fourth-order valence-corrected chi connectivity index (χ4v) is 0.969. The Morgan fingerprint density at radius 3 is 2.13 bits per heavy atom. The molecule has 0 fully saturated rings. The molecule has 0 aliphatic carbocycles. The Morgan fingerprint density at radius 2 is 1.67 bits per heavy atom. The van der Waals surface area contributed by atoms with Crippen molar-refractivity contribution in [2.75, 3.05) is 0 Å². The number of benzene rings is 1. The van der Waals surface area contributed by atoms with Crippen LogP contribution in [0.15, 0.2) is 24.3 Å². The average Bonchev–Trinajstić information content (AvgIpc) is 2.01. The Hall–Kier alpha value is 0.0248. The molecular weight excluding hydrogens is 170 g/mol. The predicted molar refractivity (Wildman–Crippen MR) is 58.1 cm³/mol. The van der Waals surface area contributed by atoms with Crippen molar-refractivity contribution in [2.24, 2.45) is 5.41 Å². The second-order valence-electron chi connectivity index (χ2n) is 4.24. The van der Waals surface area contributed by atoms with Crippen LogP contribution in [0.25, 0.3) is 6.08 Å². The molecule has 0 aromatic heterocycles. The molecule has 0 heterocycles. The smallest absolute Gasteiger partial charge is 0.269 e. The molecular formula is C13H16Li2. The molecule has 0 aliphatic heterocycles. The molecule has 0 radical (unpaired) electrons. The molecule has 0 N–H and O–H groups in total. The van der Waals surface area contributed by atoms with Gasteiger partial charge in [-0.2, -0.15) is 11.6 Å². The van der Waals surface area contributed by atoms with E-state index in [0.29, 0.717) is 0 Å². The van der Waals surface area contributed by atoms with E-state index in [9.17, 15) is 0 Å². The summed E-state index contributed by atoms with van der Waals surface area (Å²) in [7, 11) is 0. The van der Waals surface area contributed by atoms with Crippen LogP contribution in [0.3, 0.4) is 0 Å². The number of hydrogen-bond acceptors (Lipinski definition) is 0. The van der Waals surface area contributed by atoms with E-state index < -0.39 is 0 Å².